The van der Waals surface area contributed by atoms with Crippen LogP contribution >= 0.6 is 0 Å². The molecule has 0 fully saturated rings. The van der Waals surface area contributed by atoms with Gasteiger partial charge in [-0.25, -0.2) is 4.79 Å². The first kappa shape index (κ1) is 29.8. The normalized spacial score (nSPS) is 14.2. The minimum Gasteiger partial charge on any atom is -0.481 e. The molecule has 0 bridgehead atoms. The van der Waals surface area contributed by atoms with Crippen LogP contribution in [0.25, 0.3) is 10.9 Å². The van der Waals surface area contributed by atoms with Gasteiger partial charge in [-0.1, -0.05) is 32.0 Å². The molecular weight excluding hydrogens is 500 g/mol. The number of aromatic nitrogens is 1. The third-order valence-corrected chi connectivity index (χ3v) is 5.73. The Hall–Kier alpha value is -4.46. The van der Waals surface area contributed by atoms with Crippen molar-refractivity contribution in [1.29, 1.82) is 0 Å². The fourth-order valence-corrected chi connectivity index (χ4v) is 3.74. The van der Waals surface area contributed by atoms with Gasteiger partial charge in [0.15, 0.2) is 0 Å². The highest BCUT2D eigenvalue weighted by Crippen LogP contribution is 2.18. The van der Waals surface area contributed by atoms with E-state index >= 15 is 0 Å². The molecule has 10 N–H and O–H groups in total. The molecule has 2 rings (SSSR count). The van der Waals surface area contributed by atoms with Gasteiger partial charge in [0.1, 0.15) is 18.1 Å². The molecule has 0 aliphatic rings. The summed E-state index contributed by atoms with van der Waals surface area (Å²) in [5.41, 5.74) is 12.7. The van der Waals surface area contributed by atoms with E-state index in [4.69, 9.17) is 11.5 Å². The molecule has 1 aromatic heterocycles. The second kappa shape index (κ2) is 13.2. The number of rotatable bonds is 14. The summed E-state index contributed by atoms with van der Waals surface area (Å²) in [6, 6.07) is 1.73. The summed E-state index contributed by atoms with van der Waals surface area (Å²) in [6.07, 6.45) is 0.327. The molecule has 14 nitrogen and oxygen atoms in total. The fourth-order valence-electron chi connectivity index (χ4n) is 3.74. The molecular formula is C24H32N6O8. The summed E-state index contributed by atoms with van der Waals surface area (Å²) in [7, 11) is 0. The number of fused-ring (bicyclic) bond motifs is 1. The van der Waals surface area contributed by atoms with Gasteiger partial charge in [-0.15, -0.1) is 0 Å². The molecule has 0 saturated carbocycles. The van der Waals surface area contributed by atoms with E-state index in [0.717, 1.165) is 16.5 Å². The zero-order valence-electron chi connectivity index (χ0n) is 20.9. The lowest BCUT2D eigenvalue weighted by molar-refractivity contribution is -0.144. The largest absolute Gasteiger partial charge is 0.481 e. The van der Waals surface area contributed by atoms with Crippen LogP contribution in [0.1, 0.15) is 32.3 Å². The van der Waals surface area contributed by atoms with Gasteiger partial charge in [-0.3, -0.25) is 24.0 Å². The van der Waals surface area contributed by atoms with E-state index in [1.54, 1.807) is 20.0 Å². The van der Waals surface area contributed by atoms with Crippen LogP contribution in [0.3, 0.4) is 0 Å². The number of primary amides is 1. The van der Waals surface area contributed by atoms with Crippen molar-refractivity contribution < 1.29 is 39.0 Å². The highest BCUT2D eigenvalue weighted by molar-refractivity contribution is 5.96. The highest BCUT2D eigenvalue weighted by atomic mass is 16.4. The summed E-state index contributed by atoms with van der Waals surface area (Å²) in [5, 5.41) is 26.2. The molecule has 1 aromatic carbocycles. The maximum Gasteiger partial charge on any atom is 0.326 e. The number of nitrogens with one attached hydrogen (secondary N) is 4. The van der Waals surface area contributed by atoms with Crippen molar-refractivity contribution in [3.8, 4) is 0 Å². The Labute approximate surface area is 217 Å². The van der Waals surface area contributed by atoms with Gasteiger partial charge < -0.3 is 42.6 Å². The monoisotopic (exact) mass is 532 g/mol. The Balaban J connectivity index is 2.12. The van der Waals surface area contributed by atoms with E-state index in [0.29, 0.717) is 0 Å². The van der Waals surface area contributed by atoms with E-state index in [2.05, 4.69) is 20.9 Å². The SMILES string of the molecule is CC(C)C(NC(=O)C(CC(=O)O)NC(=O)C(N)Cc1c[nH]c2ccccc12)C(=O)NC(CC(N)=O)C(=O)O. The van der Waals surface area contributed by atoms with Crippen LogP contribution in [-0.2, 0) is 35.2 Å². The lowest BCUT2D eigenvalue weighted by Crippen LogP contribution is -2.59. The van der Waals surface area contributed by atoms with Crippen LogP contribution in [-0.4, -0.2) is 74.9 Å². The van der Waals surface area contributed by atoms with E-state index in [1.165, 1.54) is 0 Å². The third-order valence-electron chi connectivity index (χ3n) is 5.73. The molecule has 4 atom stereocenters. The zero-order valence-corrected chi connectivity index (χ0v) is 20.9. The molecule has 4 unspecified atom stereocenters. The smallest absolute Gasteiger partial charge is 0.326 e. The van der Waals surface area contributed by atoms with E-state index in [-0.39, 0.29) is 6.42 Å². The van der Waals surface area contributed by atoms with E-state index in [1.807, 2.05) is 24.3 Å². The summed E-state index contributed by atoms with van der Waals surface area (Å²) in [5.74, 6) is -7.15. The maximum absolute atomic E-state index is 12.9. The molecule has 0 aliphatic carbocycles. The molecule has 1 heterocycles. The molecule has 14 heteroatoms. The van der Waals surface area contributed by atoms with Crippen LogP contribution in [0.2, 0.25) is 0 Å². The number of hydrogen-bond donors (Lipinski definition) is 8. The van der Waals surface area contributed by atoms with Gasteiger partial charge in [0.25, 0.3) is 0 Å². The van der Waals surface area contributed by atoms with Gasteiger partial charge in [-0.2, -0.15) is 0 Å². The first-order valence-electron chi connectivity index (χ1n) is 11.7. The lowest BCUT2D eigenvalue weighted by atomic mass is 10.0. The Morgan fingerprint density at radius 2 is 1.53 bits per heavy atom. The summed E-state index contributed by atoms with van der Waals surface area (Å²) in [4.78, 5) is 75.3. The van der Waals surface area contributed by atoms with Gasteiger partial charge in [-0.05, 0) is 24.0 Å². The number of carbonyl (C=O) groups is 6. The number of amides is 4. The van der Waals surface area contributed by atoms with Crippen molar-refractivity contribution >= 4 is 46.5 Å². The van der Waals surface area contributed by atoms with Crippen molar-refractivity contribution in [3.05, 3.63) is 36.0 Å². The molecule has 206 valence electrons. The number of aromatic amines is 1. The second-order valence-corrected chi connectivity index (χ2v) is 9.13. The number of carboxylic acid groups (broad SMARTS) is 2. The van der Waals surface area contributed by atoms with Crippen molar-refractivity contribution in [2.75, 3.05) is 0 Å². The molecule has 0 spiro atoms. The Morgan fingerprint density at radius 1 is 0.895 bits per heavy atom. The minimum atomic E-state index is -1.63. The van der Waals surface area contributed by atoms with Gasteiger partial charge >= 0.3 is 11.9 Å². The molecule has 2 aromatic rings. The number of para-hydroxylation sites is 1. The standard InChI is InChI=1S/C24H32N6O8/c1-11(2)20(23(36)29-17(24(37)38)8-18(26)31)30-22(35)16(9-19(32)33)28-21(34)14(25)7-12-10-27-15-6-4-3-5-13(12)15/h3-6,10-11,14,16-17,20,27H,7-9,25H2,1-2H3,(H2,26,31)(H,28,34)(H,29,36)(H,30,35)(H,32,33)(H,37,38). The number of aliphatic carboxylic acids is 2. The van der Waals surface area contributed by atoms with Crippen molar-refractivity contribution in [2.24, 2.45) is 17.4 Å². The quantitative estimate of drug-likeness (QED) is 0.142. The molecule has 4 amide bonds. The second-order valence-electron chi connectivity index (χ2n) is 9.13. The first-order valence-corrected chi connectivity index (χ1v) is 11.7. The number of hydrogen-bond acceptors (Lipinski definition) is 7. The summed E-state index contributed by atoms with van der Waals surface area (Å²) < 4.78 is 0. The van der Waals surface area contributed by atoms with Crippen LogP contribution in [0.5, 0.6) is 0 Å². The predicted molar refractivity (Wildman–Crippen MR) is 134 cm³/mol. The van der Waals surface area contributed by atoms with Crippen LogP contribution in [0.15, 0.2) is 30.5 Å². The van der Waals surface area contributed by atoms with Crippen LogP contribution in [0.4, 0.5) is 0 Å². The number of carbonyl (C=O) groups excluding carboxylic acids is 4. The molecule has 38 heavy (non-hydrogen) atoms. The highest BCUT2D eigenvalue weighted by Gasteiger charge is 2.33. The number of benzene rings is 1. The van der Waals surface area contributed by atoms with Gasteiger partial charge in [0.2, 0.25) is 23.6 Å². The van der Waals surface area contributed by atoms with Crippen LogP contribution in [0, 0.1) is 5.92 Å². The number of H-pyrrole nitrogens is 1. The number of carboxylic acids is 2. The van der Waals surface area contributed by atoms with Crippen molar-refractivity contribution in [1.82, 2.24) is 20.9 Å². The zero-order chi connectivity index (χ0) is 28.6. The third kappa shape index (κ3) is 8.30. The summed E-state index contributed by atoms with van der Waals surface area (Å²) in [6.45, 7) is 3.10. The minimum absolute atomic E-state index is 0.102. The van der Waals surface area contributed by atoms with E-state index < -0.39 is 78.5 Å². The van der Waals surface area contributed by atoms with Gasteiger partial charge in [0, 0.05) is 17.1 Å². The maximum atomic E-state index is 12.9. The number of nitrogens with two attached hydrogens (primary N) is 2. The Bertz CT molecular complexity index is 1210. The first-order chi connectivity index (χ1) is 17.8. The average molecular weight is 533 g/mol. The Morgan fingerprint density at radius 3 is 2.11 bits per heavy atom. The van der Waals surface area contributed by atoms with Crippen molar-refractivity contribution in [2.45, 2.75) is 57.3 Å². The van der Waals surface area contributed by atoms with E-state index in [9.17, 15) is 39.0 Å². The Kier molecular flexibility index (Phi) is 10.3. The molecule has 0 saturated heterocycles. The lowest BCUT2D eigenvalue weighted by Gasteiger charge is -2.26. The average Bonchev–Trinajstić information content (AvgIpc) is 3.23. The molecule has 0 radical (unpaired) electrons. The predicted octanol–water partition coefficient (Wildman–Crippen LogP) is -1.42. The van der Waals surface area contributed by atoms with Gasteiger partial charge in [0.05, 0.1) is 18.9 Å². The fraction of sp³-hybridized carbons (Fsp3) is 0.417. The topological polar surface area (TPSA) is 247 Å². The summed E-state index contributed by atoms with van der Waals surface area (Å²) >= 11 is 0. The van der Waals surface area contributed by atoms with Crippen LogP contribution < -0.4 is 27.4 Å². The molecule has 0 aliphatic heterocycles. The van der Waals surface area contributed by atoms with Crippen molar-refractivity contribution in [3.63, 3.8) is 0 Å².